The number of aryl methyl sites for hydroxylation is 1. The van der Waals surface area contributed by atoms with Gasteiger partial charge in [0.05, 0.1) is 34.6 Å². The van der Waals surface area contributed by atoms with E-state index in [0.717, 1.165) is 11.3 Å². The fraction of sp³-hybridized carbons (Fsp3) is 0.174. The van der Waals surface area contributed by atoms with Gasteiger partial charge in [-0.05, 0) is 50.2 Å². The van der Waals surface area contributed by atoms with Gasteiger partial charge in [0, 0.05) is 5.56 Å². The Morgan fingerprint density at radius 3 is 2.70 bits per heavy atom. The van der Waals surface area contributed by atoms with Gasteiger partial charge in [0.25, 0.3) is 0 Å². The number of carbonyl (C=O) groups is 1. The van der Waals surface area contributed by atoms with Gasteiger partial charge >= 0.3 is 5.97 Å². The Morgan fingerprint density at radius 2 is 1.90 bits per heavy atom. The van der Waals surface area contributed by atoms with Crippen molar-refractivity contribution in [3.05, 3.63) is 65.9 Å². The van der Waals surface area contributed by atoms with Crippen LogP contribution in [0, 0.1) is 6.92 Å². The number of rotatable bonds is 4. The van der Waals surface area contributed by atoms with Crippen molar-refractivity contribution >= 4 is 17.0 Å². The van der Waals surface area contributed by atoms with Crippen LogP contribution in [0.25, 0.3) is 28.0 Å². The molecule has 7 heteroatoms. The molecule has 0 fully saturated rings. The van der Waals surface area contributed by atoms with E-state index in [0.29, 0.717) is 39.5 Å². The summed E-state index contributed by atoms with van der Waals surface area (Å²) in [6.07, 6.45) is 0. The quantitative estimate of drug-likeness (QED) is 0.475. The number of ether oxygens (including phenoxy) is 3. The molecule has 150 valence electrons. The molecular weight excluding hydrogens is 382 g/mol. The molecule has 2 aromatic carbocycles. The predicted molar refractivity (Wildman–Crippen MR) is 111 cm³/mol. The van der Waals surface area contributed by atoms with Crippen molar-refractivity contribution in [2.75, 3.05) is 13.4 Å². The lowest BCUT2D eigenvalue weighted by Gasteiger charge is -2.09. The molecule has 2 aromatic heterocycles. The van der Waals surface area contributed by atoms with Crippen molar-refractivity contribution in [1.82, 2.24) is 14.8 Å². The predicted octanol–water partition coefficient (Wildman–Crippen LogP) is 4.30. The van der Waals surface area contributed by atoms with Crippen LogP contribution in [0.3, 0.4) is 0 Å². The summed E-state index contributed by atoms with van der Waals surface area (Å²) in [5, 5.41) is 5.34. The van der Waals surface area contributed by atoms with Crippen LogP contribution in [0.15, 0.2) is 54.6 Å². The lowest BCUT2D eigenvalue weighted by atomic mass is 10.0. The van der Waals surface area contributed by atoms with Gasteiger partial charge in [0.1, 0.15) is 0 Å². The molecule has 0 N–H and O–H groups in total. The minimum Gasteiger partial charge on any atom is -0.462 e. The maximum Gasteiger partial charge on any atom is 0.339 e. The maximum atomic E-state index is 12.8. The van der Waals surface area contributed by atoms with E-state index in [-0.39, 0.29) is 13.4 Å². The molecule has 4 aromatic rings. The highest BCUT2D eigenvalue weighted by molar-refractivity contribution is 6.05. The smallest absolute Gasteiger partial charge is 0.339 e. The largest absolute Gasteiger partial charge is 0.462 e. The van der Waals surface area contributed by atoms with Crippen LogP contribution in [0.1, 0.15) is 23.0 Å². The number of para-hydroxylation sites is 1. The topological polar surface area (TPSA) is 75.5 Å². The first-order chi connectivity index (χ1) is 14.7. The maximum absolute atomic E-state index is 12.8. The molecule has 0 unspecified atom stereocenters. The number of hydrogen-bond donors (Lipinski definition) is 0. The van der Waals surface area contributed by atoms with E-state index in [1.54, 1.807) is 17.7 Å². The van der Waals surface area contributed by atoms with E-state index in [2.05, 4.69) is 5.10 Å². The van der Waals surface area contributed by atoms with Gasteiger partial charge in [-0.1, -0.05) is 18.2 Å². The molecule has 0 aliphatic carbocycles. The standard InChI is InChI=1S/C23H19N3O4/c1-3-28-23(27)17-12-18(15-9-10-19-20(11-15)30-13-29-19)24-22-21(17)14(2)25-26(22)16-7-5-4-6-8-16/h4-12H,3,13H2,1-2H3. The normalized spacial score (nSPS) is 12.3. The Hall–Kier alpha value is -3.87. The molecule has 0 atom stereocenters. The number of fused-ring (bicyclic) bond motifs is 2. The molecule has 0 radical (unpaired) electrons. The second kappa shape index (κ2) is 7.18. The summed E-state index contributed by atoms with van der Waals surface area (Å²) in [5.74, 6) is 0.943. The molecule has 0 saturated heterocycles. The van der Waals surface area contributed by atoms with Gasteiger partial charge in [-0.3, -0.25) is 0 Å². The Morgan fingerprint density at radius 1 is 1.10 bits per heavy atom. The van der Waals surface area contributed by atoms with Gasteiger partial charge in [0.15, 0.2) is 17.1 Å². The zero-order valence-corrected chi connectivity index (χ0v) is 16.6. The number of esters is 1. The fourth-order valence-corrected chi connectivity index (χ4v) is 3.61. The molecule has 0 saturated carbocycles. The van der Waals surface area contributed by atoms with Crippen LogP contribution < -0.4 is 9.47 Å². The average Bonchev–Trinajstić information content (AvgIpc) is 3.38. The van der Waals surface area contributed by atoms with Gasteiger partial charge < -0.3 is 14.2 Å². The lowest BCUT2D eigenvalue weighted by molar-refractivity contribution is 0.0528. The Balaban J connectivity index is 1.77. The molecule has 0 spiro atoms. The first-order valence-electron chi connectivity index (χ1n) is 9.68. The summed E-state index contributed by atoms with van der Waals surface area (Å²) in [6, 6.07) is 17.1. The SMILES string of the molecule is CCOC(=O)c1cc(-c2ccc3c(c2)OCO3)nc2c1c(C)nn2-c1ccccc1. The molecule has 0 bridgehead atoms. The lowest BCUT2D eigenvalue weighted by Crippen LogP contribution is -2.07. The summed E-state index contributed by atoms with van der Waals surface area (Å²) >= 11 is 0. The summed E-state index contributed by atoms with van der Waals surface area (Å²) in [5.41, 5.74) is 4.04. The second-order valence-electron chi connectivity index (χ2n) is 6.87. The minimum atomic E-state index is -0.400. The molecule has 7 nitrogen and oxygen atoms in total. The zero-order chi connectivity index (χ0) is 20.7. The molecule has 0 amide bonds. The first-order valence-corrected chi connectivity index (χ1v) is 9.68. The Bertz CT molecular complexity index is 1260. The number of carbonyl (C=O) groups excluding carboxylic acids is 1. The van der Waals surface area contributed by atoms with Crippen LogP contribution in [-0.4, -0.2) is 34.1 Å². The highest BCUT2D eigenvalue weighted by Crippen LogP contribution is 2.37. The van der Waals surface area contributed by atoms with Crippen LogP contribution in [0.5, 0.6) is 11.5 Å². The number of benzene rings is 2. The number of aromatic nitrogens is 3. The highest BCUT2D eigenvalue weighted by Gasteiger charge is 2.22. The van der Waals surface area contributed by atoms with Gasteiger partial charge in [-0.25, -0.2) is 14.5 Å². The van der Waals surface area contributed by atoms with Crippen molar-refractivity contribution < 1.29 is 19.0 Å². The third kappa shape index (κ3) is 2.95. The third-order valence-electron chi connectivity index (χ3n) is 4.98. The van der Waals surface area contributed by atoms with Crippen LogP contribution in [0.4, 0.5) is 0 Å². The summed E-state index contributed by atoms with van der Waals surface area (Å²) < 4.78 is 18.0. The van der Waals surface area contributed by atoms with E-state index in [4.69, 9.17) is 19.2 Å². The highest BCUT2D eigenvalue weighted by atomic mass is 16.7. The van der Waals surface area contributed by atoms with Crippen molar-refractivity contribution in [3.63, 3.8) is 0 Å². The number of hydrogen-bond acceptors (Lipinski definition) is 6. The van der Waals surface area contributed by atoms with E-state index >= 15 is 0 Å². The van der Waals surface area contributed by atoms with E-state index < -0.39 is 5.97 Å². The van der Waals surface area contributed by atoms with E-state index in [1.807, 2.05) is 55.5 Å². The summed E-state index contributed by atoms with van der Waals surface area (Å²) in [4.78, 5) is 17.7. The van der Waals surface area contributed by atoms with Crippen molar-refractivity contribution in [2.24, 2.45) is 0 Å². The Labute approximate surface area is 172 Å². The van der Waals surface area contributed by atoms with Gasteiger partial charge in [-0.15, -0.1) is 0 Å². The molecular formula is C23H19N3O4. The summed E-state index contributed by atoms with van der Waals surface area (Å²) in [7, 11) is 0. The van der Waals surface area contributed by atoms with Gasteiger partial charge in [0.2, 0.25) is 6.79 Å². The monoisotopic (exact) mass is 401 g/mol. The van der Waals surface area contributed by atoms with Crippen molar-refractivity contribution in [2.45, 2.75) is 13.8 Å². The molecule has 3 heterocycles. The van der Waals surface area contributed by atoms with Crippen molar-refractivity contribution in [1.29, 1.82) is 0 Å². The zero-order valence-electron chi connectivity index (χ0n) is 16.6. The third-order valence-corrected chi connectivity index (χ3v) is 4.98. The van der Waals surface area contributed by atoms with E-state index in [9.17, 15) is 4.79 Å². The Kier molecular flexibility index (Phi) is 4.35. The number of nitrogens with zero attached hydrogens (tertiary/aromatic N) is 3. The van der Waals surface area contributed by atoms with E-state index in [1.165, 1.54) is 0 Å². The van der Waals surface area contributed by atoms with Crippen LogP contribution in [0.2, 0.25) is 0 Å². The molecule has 1 aliphatic rings. The van der Waals surface area contributed by atoms with Gasteiger partial charge in [-0.2, -0.15) is 5.10 Å². The fourth-order valence-electron chi connectivity index (χ4n) is 3.61. The second-order valence-corrected chi connectivity index (χ2v) is 6.87. The summed E-state index contributed by atoms with van der Waals surface area (Å²) in [6.45, 7) is 4.13. The minimum absolute atomic E-state index is 0.194. The number of pyridine rings is 1. The van der Waals surface area contributed by atoms with Crippen LogP contribution >= 0.6 is 0 Å². The first kappa shape index (κ1) is 18.2. The van der Waals surface area contributed by atoms with Crippen molar-refractivity contribution in [3.8, 4) is 28.4 Å². The molecule has 5 rings (SSSR count). The molecule has 1 aliphatic heterocycles. The van der Waals surface area contributed by atoms with Crippen LogP contribution in [-0.2, 0) is 4.74 Å². The average molecular weight is 401 g/mol. The molecule has 30 heavy (non-hydrogen) atoms.